The molecule has 1 amide bonds. The smallest absolute Gasteiger partial charge is 0.230 e. The van der Waals surface area contributed by atoms with E-state index in [1.807, 2.05) is 56.3 Å². The standard InChI is InChI=1S/C26H23N3O2/c1-17(2)13-23-26(27-16-24(28-23)20-9-11-22(30)12-10-20)29-25(31)15-18-7-8-19-5-3-4-6-21(19)14-18/h3-14,16,30H,15H2,1-2H3,(H,27,29,31). The van der Waals surface area contributed by atoms with E-state index in [1.54, 1.807) is 30.5 Å². The summed E-state index contributed by atoms with van der Waals surface area (Å²) in [5.41, 5.74) is 4.08. The van der Waals surface area contributed by atoms with Gasteiger partial charge in [0.15, 0.2) is 5.82 Å². The minimum Gasteiger partial charge on any atom is -0.508 e. The molecule has 0 saturated heterocycles. The van der Waals surface area contributed by atoms with E-state index in [0.29, 0.717) is 17.2 Å². The van der Waals surface area contributed by atoms with E-state index in [0.717, 1.165) is 27.5 Å². The average molecular weight is 409 g/mol. The molecule has 0 spiro atoms. The van der Waals surface area contributed by atoms with Crippen LogP contribution in [-0.4, -0.2) is 21.0 Å². The molecule has 0 aliphatic rings. The van der Waals surface area contributed by atoms with Crippen molar-refractivity contribution in [3.05, 3.63) is 89.8 Å². The van der Waals surface area contributed by atoms with Crippen molar-refractivity contribution >= 4 is 28.6 Å². The van der Waals surface area contributed by atoms with Gasteiger partial charge in [0.25, 0.3) is 0 Å². The number of phenols is 1. The number of anilines is 1. The van der Waals surface area contributed by atoms with Crippen molar-refractivity contribution in [2.24, 2.45) is 0 Å². The van der Waals surface area contributed by atoms with Crippen LogP contribution < -0.4 is 5.32 Å². The quantitative estimate of drug-likeness (QED) is 0.449. The monoisotopic (exact) mass is 409 g/mol. The predicted molar refractivity (Wildman–Crippen MR) is 125 cm³/mol. The van der Waals surface area contributed by atoms with Gasteiger partial charge in [0, 0.05) is 5.56 Å². The maximum Gasteiger partial charge on any atom is 0.230 e. The van der Waals surface area contributed by atoms with Crippen LogP contribution in [0.1, 0.15) is 25.1 Å². The van der Waals surface area contributed by atoms with Gasteiger partial charge in [-0.05, 0) is 60.5 Å². The summed E-state index contributed by atoms with van der Waals surface area (Å²) in [5.74, 6) is 0.471. The summed E-state index contributed by atoms with van der Waals surface area (Å²) in [6.07, 6.45) is 3.77. The Labute approximate surface area is 181 Å². The minimum atomic E-state index is -0.148. The van der Waals surface area contributed by atoms with Crippen molar-refractivity contribution in [1.29, 1.82) is 0 Å². The largest absolute Gasteiger partial charge is 0.508 e. The molecule has 0 saturated carbocycles. The van der Waals surface area contributed by atoms with Crippen LogP contribution in [0.15, 0.2) is 78.5 Å². The first-order chi connectivity index (χ1) is 15.0. The number of amides is 1. The number of carbonyl (C=O) groups excluding carboxylic acids is 1. The molecule has 5 nitrogen and oxygen atoms in total. The Kier molecular flexibility index (Phi) is 5.76. The molecule has 31 heavy (non-hydrogen) atoms. The fraction of sp³-hybridized carbons (Fsp3) is 0.115. The van der Waals surface area contributed by atoms with Crippen molar-refractivity contribution in [2.75, 3.05) is 5.32 Å². The van der Waals surface area contributed by atoms with E-state index >= 15 is 0 Å². The lowest BCUT2D eigenvalue weighted by Gasteiger charge is -2.10. The van der Waals surface area contributed by atoms with Crippen molar-refractivity contribution in [3.8, 4) is 17.0 Å². The van der Waals surface area contributed by atoms with E-state index in [4.69, 9.17) is 0 Å². The lowest BCUT2D eigenvalue weighted by molar-refractivity contribution is -0.115. The Morgan fingerprint density at radius 1 is 1.00 bits per heavy atom. The van der Waals surface area contributed by atoms with E-state index in [1.165, 1.54) is 0 Å². The number of aromatic nitrogens is 2. The molecule has 3 aromatic carbocycles. The van der Waals surface area contributed by atoms with Gasteiger partial charge in [0.2, 0.25) is 5.91 Å². The third-order valence-corrected chi connectivity index (χ3v) is 4.82. The van der Waals surface area contributed by atoms with E-state index < -0.39 is 0 Å². The van der Waals surface area contributed by atoms with Crippen LogP contribution in [0.2, 0.25) is 0 Å². The van der Waals surface area contributed by atoms with Gasteiger partial charge >= 0.3 is 0 Å². The fourth-order valence-corrected chi connectivity index (χ4v) is 3.36. The van der Waals surface area contributed by atoms with Crippen LogP contribution in [-0.2, 0) is 11.2 Å². The summed E-state index contributed by atoms with van der Waals surface area (Å²) in [6.45, 7) is 3.94. The molecule has 0 aliphatic carbocycles. The summed E-state index contributed by atoms with van der Waals surface area (Å²) in [7, 11) is 0. The molecule has 0 unspecified atom stereocenters. The van der Waals surface area contributed by atoms with Crippen molar-refractivity contribution in [1.82, 2.24) is 9.97 Å². The normalized spacial score (nSPS) is 10.6. The van der Waals surface area contributed by atoms with Gasteiger partial charge in [-0.25, -0.2) is 9.97 Å². The van der Waals surface area contributed by atoms with Crippen LogP contribution in [0, 0.1) is 0 Å². The summed E-state index contributed by atoms with van der Waals surface area (Å²) in [5, 5.41) is 14.7. The van der Waals surface area contributed by atoms with E-state index in [9.17, 15) is 9.90 Å². The predicted octanol–water partition coefficient (Wildman–Crippen LogP) is 5.61. The third-order valence-electron chi connectivity index (χ3n) is 4.82. The molecular formula is C26H23N3O2. The Morgan fingerprint density at radius 3 is 2.48 bits per heavy atom. The maximum absolute atomic E-state index is 12.7. The number of fused-ring (bicyclic) bond motifs is 1. The molecule has 0 radical (unpaired) electrons. The molecule has 4 rings (SSSR count). The van der Waals surface area contributed by atoms with Gasteiger partial charge in [0.05, 0.1) is 18.3 Å². The average Bonchev–Trinajstić information content (AvgIpc) is 2.75. The number of allylic oxidation sites excluding steroid dienone is 1. The first-order valence-electron chi connectivity index (χ1n) is 10.1. The maximum atomic E-state index is 12.7. The summed E-state index contributed by atoms with van der Waals surface area (Å²) in [6, 6.07) is 20.9. The number of hydrogen-bond acceptors (Lipinski definition) is 4. The highest BCUT2D eigenvalue weighted by Crippen LogP contribution is 2.23. The minimum absolute atomic E-state index is 0.148. The van der Waals surface area contributed by atoms with Crippen LogP contribution in [0.4, 0.5) is 5.82 Å². The van der Waals surface area contributed by atoms with Crippen molar-refractivity contribution in [3.63, 3.8) is 0 Å². The number of nitrogens with zero attached hydrogens (tertiary/aromatic N) is 2. The van der Waals surface area contributed by atoms with E-state index in [2.05, 4.69) is 21.4 Å². The van der Waals surface area contributed by atoms with Crippen LogP contribution in [0.25, 0.3) is 28.1 Å². The molecular weight excluding hydrogens is 386 g/mol. The van der Waals surface area contributed by atoms with Gasteiger partial charge in [0.1, 0.15) is 11.4 Å². The van der Waals surface area contributed by atoms with Crippen LogP contribution in [0.5, 0.6) is 5.75 Å². The highest BCUT2D eigenvalue weighted by molar-refractivity contribution is 5.94. The molecule has 0 aliphatic heterocycles. The summed E-state index contributed by atoms with van der Waals surface area (Å²) < 4.78 is 0. The van der Waals surface area contributed by atoms with Crippen LogP contribution >= 0.6 is 0 Å². The topological polar surface area (TPSA) is 75.1 Å². The zero-order valence-corrected chi connectivity index (χ0v) is 17.5. The molecule has 154 valence electrons. The number of benzene rings is 3. The lowest BCUT2D eigenvalue weighted by Crippen LogP contribution is -2.16. The molecule has 0 bridgehead atoms. The van der Waals surface area contributed by atoms with E-state index in [-0.39, 0.29) is 18.1 Å². The van der Waals surface area contributed by atoms with Crippen LogP contribution in [0.3, 0.4) is 0 Å². The number of carbonyl (C=O) groups is 1. The number of nitrogens with one attached hydrogen (secondary N) is 1. The highest BCUT2D eigenvalue weighted by atomic mass is 16.3. The first kappa shape index (κ1) is 20.3. The number of aromatic hydroxyl groups is 1. The number of phenolic OH excluding ortho intramolecular Hbond substituents is 1. The Hall–Kier alpha value is -3.99. The van der Waals surface area contributed by atoms with Gasteiger partial charge in [-0.2, -0.15) is 0 Å². The van der Waals surface area contributed by atoms with Gasteiger partial charge in [-0.1, -0.05) is 48.0 Å². The SMILES string of the molecule is CC(C)=Cc1nc(-c2ccc(O)cc2)cnc1NC(=O)Cc1ccc2ccccc2c1. The molecule has 5 heteroatoms. The van der Waals surface area contributed by atoms with Gasteiger partial charge in [-0.3, -0.25) is 4.79 Å². The fourth-order valence-electron chi connectivity index (χ4n) is 3.36. The second-order valence-electron chi connectivity index (χ2n) is 7.66. The highest BCUT2D eigenvalue weighted by Gasteiger charge is 2.12. The second kappa shape index (κ2) is 8.79. The Morgan fingerprint density at radius 2 is 1.74 bits per heavy atom. The second-order valence-corrected chi connectivity index (χ2v) is 7.66. The zero-order valence-electron chi connectivity index (χ0n) is 17.5. The number of rotatable bonds is 5. The molecule has 0 fully saturated rings. The summed E-state index contributed by atoms with van der Waals surface area (Å²) in [4.78, 5) is 21.9. The first-order valence-corrected chi connectivity index (χ1v) is 10.1. The molecule has 2 N–H and O–H groups in total. The molecule has 0 atom stereocenters. The van der Waals surface area contributed by atoms with Gasteiger partial charge < -0.3 is 10.4 Å². The molecule has 1 aromatic heterocycles. The zero-order chi connectivity index (χ0) is 21.8. The van der Waals surface area contributed by atoms with Gasteiger partial charge in [-0.15, -0.1) is 0 Å². The summed E-state index contributed by atoms with van der Waals surface area (Å²) >= 11 is 0. The number of hydrogen-bond donors (Lipinski definition) is 2. The van der Waals surface area contributed by atoms with Crippen molar-refractivity contribution < 1.29 is 9.90 Å². The van der Waals surface area contributed by atoms with Crippen molar-refractivity contribution in [2.45, 2.75) is 20.3 Å². The molecule has 4 aromatic rings. The lowest BCUT2D eigenvalue weighted by atomic mass is 10.0. The Balaban J connectivity index is 1.57. The third kappa shape index (κ3) is 4.95. The Bertz CT molecular complexity index is 1270. The molecule has 1 heterocycles.